The molecule has 1 saturated carbocycles. The van der Waals surface area contributed by atoms with Crippen LogP contribution in [0.4, 0.5) is 0 Å². The van der Waals surface area contributed by atoms with E-state index in [-0.39, 0.29) is 30.5 Å². The van der Waals surface area contributed by atoms with Crippen LogP contribution in [0.15, 0.2) is 30.3 Å². The summed E-state index contributed by atoms with van der Waals surface area (Å²) in [5, 5.41) is 5.87. The van der Waals surface area contributed by atoms with Gasteiger partial charge in [-0.05, 0) is 56.2 Å². The zero-order valence-electron chi connectivity index (χ0n) is 15.3. The van der Waals surface area contributed by atoms with Crippen molar-refractivity contribution in [3.63, 3.8) is 0 Å². The molecule has 1 aliphatic rings. The molecule has 1 fully saturated rings. The first-order valence-electron chi connectivity index (χ1n) is 9.10. The Morgan fingerprint density at radius 1 is 1.23 bits per heavy atom. The number of rotatable bonds is 9. The van der Waals surface area contributed by atoms with E-state index in [1.807, 2.05) is 24.5 Å². The first-order valence-corrected chi connectivity index (χ1v) is 10.5. The molecule has 1 aliphatic carbocycles. The van der Waals surface area contributed by atoms with Crippen molar-refractivity contribution in [2.45, 2.75) is 50.2 Å². The van der Waals surface area contributed by atoms with Gasteiger partial charge in [0.1, 0.15) is 11.8 Å². The highest BCUT2D eigenvalue weighted by molar-refractivity contribution is 7.98. The quantitative estimate of drug-likeness (QED) is 0.607. The largest absolute Gasteiger partial charge is 0.484 e. The molecule has 0 aromatic heterocycles. The van der Waals surface area contributed by atoms with Gasteiger partial charge in [0.2, 0.25) is 5.91 Å². The lowest BCUT2D eigenvalue weighted by Crippen LogP contribution is -2.51. The average Bonchev–Trinajstić information content (AvgIpc) is 2.66. The lowest BCUT2D eigenvalue weighted by Gasteiger charge is -2.28. The summed E-state index contributed by atoms with van der Waals surface area (Å²) in [6.07, 6.45) is 6.23. The third-order valence-corrected chi connectivity index (χ3v) is 5.14. The van der Waals surface area contributed by atoms with Crippen LogP contribution in [0.2, 0.25) is 0 Å². The van der Waals surface area contributed by atoms with Gasteiger partial charge in [-0.2, -0.15) is 11.8 Å². The molecule has 1 aromatic carbocycles. The number of nitrogens with two attached hydrogens (primary N) is 1. The Kier molecular flexibility index (Phi) is 8.77. The highest BCUT2D eigenvalue weighted by Gasteiger charge is 2.25. The standard InChI is InChI=1S/C19H29N3O3S/c1-26-12-11-17(19(24)21-15-9-7-14(20)8-10-15)22-18(23)13-25-16-5-3-2-4-6-16/h2-6,14-15,17H,7-13,20H2,1H3,(H,21,24)(H,22,23). The van der Waals surface area contributed by atoms with E-state index in [4.69, 9.17) is 10.5 Å². The normalized spacial score (nSPS) is 20.8. The Balaban J connectivity index is 1.82. The zero-order chi connectivity index (χ0) is 18.8. The van der Waals surface area contributed by atoms with Gasteiger partial charge in [-0.25, -0.2) is 0 Å². The van der Waals surface area contributed by atoms with Crippen LogP contribution in [0.5, 0.6) is 5.75 Å². The fourth-order valence-electron chi connectivity index (χ4n) is 2.97. The smallest absolute Gasteiger partial charge is 0.258 e. The number of amides is 2. The molecule has 7 heteroatoms. The Morgan fingerprint density at radius 3 is 2.58 bits per heavy atom. The highest BCUT2D eigenvalue weighted by atomic mass is 32.2. The van der Waals surface area contributed by atoms with Crippen LogP contribution in [-0.4, -0.2) is 48.6 Å². The highest BCUT2D eigenvalue weighted by Crippen LogP contribution is 2.17. The third-order valence-electron chi connectivity index (χ3n) is 4.49. The molecule has 0 spiro atoms. The maximum atomic E-state index is 12.6. The molecule has 4 N–H and O–H groups in total. The molecule has 2 amide bonds. The van der Waals surface area contributed by atoms with Crippen LogP contribution in [-0.2, 0) is 9.59 Å². The molecule has 6 nitrogen and oxygen atoms in total. The molecule has 0 bridgehead atoms. The third kappa shape index (κ3) is 7.25. The van der Waals surface area contributed by atoms with Gasteiger partial charge in [0, 0.05) is 12.1 Å². The van der Waals surface area contributed by atoms with Crippen LogP contribution in [0.25, 0.3) is 0 Å². The van der Waals surface area contributed by atoms with E-state index >= 15 is 0 Å². The Bertz CT molecular complexity index is 562. The van der Waals surface area contributed by atoms with Crippen LogP contribution >= 0.6 is 11.8 Å². The molecule has 2 rings (SSSR count). The lowest BCUT2D eigenvalue weighted by molar-refractivity contribution is -0.130. The Hall–Kier alpha value is -1.73. The van der Waals surface area contributed by atoms with Crippen molar-refractivity contribution in [3.05, 3.63) is 30.3 Å². The number of hydrogen-bond acceptors (Lipinski definition) is 5. The van der Waals surface area contributed by atoms with Gasteiger partial charge < -0.3 is 21.1 Å². The van der Waals surface area contributed by atoms with E-state index < -0.39 is 6.04 Å². The molecule has 0 heterocycles. The van der Waals surface area contributed by atoms with E-state index in [1.165, 1.54) is 0 Å². The SMILES string of the molecule is CSCCC(NC(=O)COc1ccccc1)C(=O)NC1CCC(N)CC1. The summed E-state index contributed by atoms with van der Waals surface area (Å²) in [5.74, 6) is 1.02. The van der Waals surface area contributed by atoms with Gasteiger partial charge in [-0.3, -0.25) is 9.59 Å². The van der Waals surface area contributed by atoms with Gasteiger partial charge in [0.15, 0.2) is 6.61 Å². The van der Waals surface area contributed by atoms with Gasteiger partial charge in [0.25, 0.3) is 5.91 Å². The minimum absolute atomic E-state index is 0.106. The molecule has 1 aromatic rings. The van der Waals surface area contributed by atoms with E-state index in [0.29, 0.717) is 12.2 Å². The molecular formula is C19H29N3O3S. The number of hydrogen-bond donors (Lipinski definition) is 3. The first-order chi connectivity index (χ1) is 12.6. The van der Waals surface area contributed by atoms with Gasteiger partial charge in [-0.15, -0.1) is 0 Å². The van der Waals surface area contributed by atoms with Gasteiger partial charge >= 0.3 is 0 Å². The predicted octanol–water partition coefficient (Wildman–Crippen LogP) is 1.69. The number of nitrogens with one attached hydrogen (secondary N) is 2. The van der Waals surface area contributed by atoms with Crippen LogP contribution < -0.4 is 21.1 Å². The number of thioether (sulfide) groups is 1. The molecule has 0 saturated heterocycles. The van der Waals surface area contributed by atoms with Crippen molar-refractivity contribution in [2.24, 2.45) is 5.73 Å². The summed E-state index contributed by atoms with van der Waals surface area (Å²) in [6, 6.07) is 9.01. The van der Waals surface area contributed by atoms with Crippen LogP contribution in [0.3, 0.4) is 0 Å². The van der Waals surface area contributed by atoms with Gasteiger partial charge in [-0.1, -0.05) is 18.2 Å². The van der Waals surface area contributed by atoms with Crippen LogP contribution in [0.1, 0.15) is 32.1 Å². The molecule has 1 unspecified atom stereocenters. The molecular weight excluding hydrogens is 350 g/mol. The van der Waals surface area contributed by atoms with E-state index in [9.17, 15) is 9.59 Å². The maximum Gasteiger partial charge on any atom is 0.258 e. The zero-order valence-corrected chi connectivity index (χ0v) is 16.1. The molecule has 1 atom stereocenters. The number of ether oxygens (including phenoxy) is 1. The second-order valence-electron chi connectivity index (χ2n) is 6.62. The maximum absolute atomic E-state index is 12.6. The molecule has 144 valence electrons. The van der Waals surface area contributed by atoms with E-state index in [2.05, 4.69) is 10.6 Å². The van der Waals surface area contributed by atoms with E-state index in [0.717, 1.165) is 31.4 Å². The van der Waals surface area contributed by atoms with Crippen LogP contribution in [0, 0.1) is 0 Å². The first kappa shape index (κ1) is 20.6. The number of para-hydroxylation sites is 1. The Morgan fingerprint density at radius 2 is 1.92 bits per heavy atom. The van der Waals surface area contributed by atoms with Crippen molar-refractivity contribution in [1.82, 2.24) is 10.6 Å². The fourth-order valence-corrected chi connectivity index (χ4v) is 3.44. The average molecular weight is 380 g/mol. The summed E-state index contributed by atoms with van der Waals surface area (Å²) >= 11 is 1.65. The van der Waals surface area contributed by atoms with Crippen molar-refractivity contribution in [1.29, 1.82) is 0 Å². The number of carbonyl (C=O) groups is 2. The van der Waals surface area contributed by atoms with Crippen molar-refractivity contribution in [3.8, 4) is 5.75 Å². The Labute approximate surface area is 159 Å². The predicted molar refractivity (Wildman–Crippen MR) is 105 cm³/mol. The topological polar surface area (TPSA) is 93.4 Å². The monoisotopic (exact) mass is 379 g/mol. The summed E-state index contributed by atoms with van der Waals surface area (Å²) in [7, 11) is 0. The summed E-state index contributed by atoms with van der Waals surface area (Å²) in [6.45, 7) is -0.106. The minimum atomic E-state index is -0.537. The minimum Gasteiger partial charge on any atom is -0.484 e. The van der Waals surface area contributed by atoms with E-state index in [1.54, 1.807) is 23.9 Å². The summed E-state index contributed by atoms with van der Waals surface area (Å²) < 4.78 is 5.45. The summed E-state index contributed by atoms with van der Waals surface area (Å²) in [4.78, 5) is 24.8. The van der Waals surface area contributed by atoms with Gasteiger partial charge in [0.05, 0.1) is 0 Å². The number of benzene rings is 1. The second-order valence-corrected chi connectivity index (χ2v) is 7.61. The van der Waals surface area contributed by atoms with Crippen molar-refractivity contribution >= 4 is 23.6 Å². The fraction of sp³-hybridized carbons (Fsp3) is 0.579. The molecule has 0 aliphatic heterocycles. The molecule has 26 heavy (non-hydrogen) atoms. The number of carbonyl (C=O) groups excluding carboxylic acids is 2. The lowest BCUT2D eigenvalue weighted by atomic mass is 9.91. The summed E-state index contributed by atoms with van der Waals surface area (Å²) in [5.41, 5.74) is 5.91. The van der Waals surface area contributed by atoms with Crippen molar-refractivity contribution < 1.29 is 14.3 Å². The van der Waals surface area contributed by atoms with Crippen molar-refractivity contribution in [2.75, 3.05) is 18.6 Å². The second kappa shape index (κ2) is 11.1. The molecule has 0 radical (unpaired) electrons.